The van der Waals surface area contributed by atoms with Crippen LogP contribution in [0.3, 0.4) is 0 Å². The molecule has 2 N–H and O–H groups in total. The van der Waals surface area contributed by atoms with Crippen LogP contribution < -0.4 is 5.73 Å². The lowest BCUT2D eigenvalue weighted by Crippen LogP contribution is -2.30. The zero-order chi connectivity index (χ0) is 11.8. The van der Waals surface area contributed by atoms with Crippen molar-refractivity contribution in [1.29, 1.82) is 0 Å². The third kappa shape index (κ3) is 4.33. The van der Waals surface area contributed by atoms with Gasteiger partial charge in [0.05, 0.1) is 0 Å². The number of imidazole rings is 1. The Labute approximate surface area is 98.5 Å². The van der Waals surface area contributed by atoms with Gasteiger partial charge < -0.3 is 15.2 Å². The molecule has 1 aromatic heterocycles. The summed E-state index contributed by atoms with van der Waals surface area (Å²) in [4.78, 5) is 6.71. The Morgan fingerprint density at radius 2 is 2.19 bits per heavy atom. The standard InChI is InChI=1S/C12H24N4/c1-3-7-15(8-4-5-13)10-11-16-9-6-14-12(16)2/h6,9H,3-5,7-8,10-11,13H2,1-2H3. The molecule has 0 saturated carbocycles. The van der Waals surface area contributed by atoms with Gasteiger partial charge in [-0.1, -0.05) is 6.92 Å². The van der Waals surface area contributed by atoms with Crippen LogP contribution in [0.2, 0.25) is 0 Å². The lowest BCUT2D eigenvalue weighted by molar-refractivity contribution is 0.261. The molecule has 0 saturated heterocycles. The minimum Gasteiger partial charge on any atom is -0.334 e. The summed E-state index contributed by atoms with van der Waals surface area (Å²) in [5.74, 6) is 1.09. The topological polar surface area (TPSA) is 47.1 Å². The summed E-state index contributed by atoms with van der Waals surface area (Å²) >= 11 is 0. The molecule has 92 valence electrons. The molecule has 0 aliphatic heterocycles. The van der Waals surface area contributed by atoms with Crippen LogP contribution in [0.4, 0.5) is 0 Å². The van der Waals surface area contributed by atoms with Crippen LogP contribution in [0.1, 0.15) is 25.6 Å². The first kappa shape index (κ1) is 13.2. The van der Waals surface area contributed by atoms with Crippen molar-refractivity contribution in [2.45, 2.75) is 33.2 Å². The van der Waals surface area contributed by atoms with E-state index in [1.165, 1.54) is 6.42 Å². The van der Waals surface area contributed by atoms with Crippen LogP contribution in [-0.4, -0.2) is 40.6 Å². The maximum absolute atomic E-state index is 5.55. The average Bonchev–Trinajstić information content (AvgIpc) is 2.68. The van der Waals surface area contributed by atoms with E-state index in [4.69, 9.17) is 5.73 Å². The van der Waals surface area contributed by atoms with Gasteiger partial charge in [-0.25, -0.2) is 4.98 Å². The van der Waals surface area contributed by atoms with E-state index in [-0.39, 0.29) is 0 Å². The number of nitrogens with two attached hydrogens (primary N) is 1. The van der Waals surface area contributed by atoms with E-state index in [0.29, 0.717) is 0 Å². The quantitative estimate of drug-likeness (QED) is 0.723. The van der Waals surface area contributed by atoms with Crippen LogP contribution >= 0.6 is 0 Å². The summed E-state index contributed by atoms with van der Waals surface area (Å²) in [6.45, 7) is 9.43. The molecule has 0 unspecified atom stereocenters. The van der Waals surface area contributed by atoms with Crippen LogP contribution in [0, 0.1) is 6.92 Å². The fraction of sp³-hybridized carbons (Fsp3) is 0.750. The van der Waals surface area contributed by atoms with Gasteiger partial charge in [-0.3, -0.25) is 0 Å². The van der Waals surface area contributed by atoms with Crippen molar-refractivity contribution in [2.24, 2.45) is 5.73 Å². The minimum atomic E-state index is 0.782. The zero-order valence-electron chi connectivity index (χ0n) is 10.5. The van der Waals surface area contributed by atoms with Gasteiger partial charge >= 0.3 is 0 Å². The van der Waals surface area contributed by atoms with E-state index in [2.05, 4.69) is 21.4 Å². The van der Waals surface area contributed by atoms with Crippen LogP contribution in [-0.2, 0) is 6.54 Å². The summed E-state index contributed by atoms with van der Waals surface area (Å²) in [5.41, 5.74) is 5.55. The van der Waals surface area contributed by atoms with Gasteiger partial charge in [-0.05, 0) is 39.4 Å². The van der Waals surface area contributed by atoms with E-state index in [9.17, 15) is 0 Å². The number of rotatable bonds is 8. The normalized spacial score (nSPS) is 11.2. The van der Waals surface area contributed by atoms with Crippen LogP contribution in [0.15, 0.2) is 12.4 Å². The second-order valence-electron chi connectivity index (χ2n) is 4.15. The van der Waals surface area contributed by atoms with Crippen molar-refractivity contribution >= 4 is 0 Å². The van der Waals surface area contributed by atoms with Crippen molar-refractivity contribution < 1.29 is 0 Å². The summed E-state index contributed by atoms with van der Waals surface area (Å²) in [6, 6.07) is 0. The van der Waals surface area contributed by atoms with Crippen molar-refractivity contribution in [3.63, 3.8) is 0 Å². The molecule has 1 aromatic rings. The Morgan fingerprint density at radius 3 is 2.75 bits per heavy atom. The lowest BCUT2D eigenvalue weighted by Gasteiger charge is -2.21. The molecular formula is C12H24N4. The number of hydrogen-bond acceptors (Lipinski definition) is 3. The van der Waals surface area contributed by atoms with Gasteiger partial charge in [0.25, 0.3) is 0 Å². The largest absolute Gasteiger partial charge is 0.334 e. The molecule has 0 radical (unpaired) electrons. The second kappa shape index (κ2) is 7.41. The van der Waals surface area contributed by atoms with Crippen molar-refractivity contribution in [3.8, 4) is 0 Å². The highest BCUT2D eigenvalue weighted by Gasteiger charge is 2.04. The molecule has 1 heterocycles. The van der Waals surface area contributed by atoms with Gasteiger partial charge in [0.2, 0.25) is 0 Å². The van der Waals surface area contributed by atoms with Crippen LogP contribution in [0.25, 0.3) is 0 Å². The maximum atomic E-state index is 5.55. The minimum absolute atomic E-state index is 0.782. The average molecular weight is 224 g/mol. The molecule has 1 rings (SSSR count). The molecule has 0 aliphatic carbocycles. The molecule has 0 amide bonds. The van der Waals surface area contributed by atoms with Gasteiger partial charge in [0, 0.05) is 25.5 Å². The second-order valence-corrected chi connectivity index (χ2v) is 4.15. The monoisotopic (exact) mass is 224 g/mol. The molecule has 16 heavy (non-hydrogen) atoms. The lowest BCUT2D eigenvalue weighted by atomic mass is 10.3. The Bertz CT molecular complexity index is 282. The van der Waals surface area contributed by atoms with Gasteiger partial charge in [0.1, 0.15) is 5.82 Å². The van der Waals surface area contributed by atoms with E-state index in [1.54, 1.807) is 0 Å². The Balaban J connectivity index is 2.34. The number of hydrogen-bond donors (Lipinski definition) is 1. The number of aromatic nitrogens is 2. The third-order valence-corrected chi connectivity index (χ3v) is 2.80. The zero-order valence-corrected chi connectivity index (χ0v) is 10.5. The van der Waals surface area contributed by atoms with Crippen molar-refractivity contribution in [3.05, 3.63) is 18.2 Å². The van der Waals surface area contributed by atoms with Crippen molar-refractivity contribution in [2.75, 3.05) is 26.2 Å². The fourth-order valence-corrected chi connectivity index (χ4v) is 1.86. The molecule has 0 fully saturated rings. The highest BCUT2D eigenvalue weighted by Crippen LogP contribution is 1.99. The molecule has 0 aliphatic rings. The van der Waals surface area contributed by atoms with Crippen LogP contribution in [0.5, 0.6) is 0 Å². The Hall–Kier alpha value is -0.870. The van der Waals surface area contributed by atoms with E-state index >= 15 is 0 Å². The number of nitrogens with zero attached hydrogens (tertiary/aromatic N) is 3. The first-order valence-corrected chi connectivity index (χ1v) is 6.18. The first-order valence-electron chi connectivity index (χ1n) is 6.18. The molecule has 0 atom stereocenters. The Kier molecular flexibility index (Phi) is 6.11. The predicted molar refractivity (Wildman–Crippen MR) is 67.4 cm³/mol. The highest BCUT2D eigenvalue weighted by atomic mass is 15.2. The van der Waals surface area contributed by atoms with E-state index in [0.717, 1.165) is 45.0 Å². The van der Waals surface area contributed by atoms with Gasteiger partial charge in [0.15, 0.2) is 0 Å². The van der Waals surface area contributed by atoms with E-state index in [1.807, 2.05) is 19.3 Å². The summed E-state index contributed by atoms with van der Waals surface area (Å²) in [7, 11) is 0. The third-order valence-electron chi connectivity index (χ3n) is 2.80. The fourth-order valence-electron chi connectivity index (χ4n) is 1.86. The number of aryl methyl sites for hydroxylation is 1. The molecule has 4 heteroatoms. The Morgan fingerprint density at radius 1 is 1.38 bits per heavy atom. The molecular weight excluding hydrogens is 200 g/mol. The maximum Gasteiger partial charge on any atom is 0.105 e. The molecule has 4 nitrogen and oxygen atoms in total. The summed E-state index contributed by atoms with van der Waals surface area (Å²) in [6.07, 6.45) is 6.19. The molecule has 0 aromatic carbocycles. The summed E-state index contributed by atoms with van der Waals surface area (Å²) < 4.78 is 2.20. The molecule has 0 spiro atoms. The van der Waals surface area contributed by atoms with Gasteiger partial charge in [-0.2, -0.15) is 0 Å². The highest BCUT2D eigenvalue weighted by molar-refractivity contribution is 4.88. The smallest absolute Gasteiger partial charge is 0.105 e. The summed E-state index contributed by atoms with van der Waals surface area (Å²) in [5, 5.41) is 0. The van der Waals surface area contributed by atoms with Gasteiger partial charge in [-0.15, -0.1) is 0 Å². The molecule has 0 bridgehead atoms. The van der Waals surface area contributed by atoms with E-state index < -0.39 is 0 Å². The van der Waals surface area contributed by atoms with Crippen molar-refractivity contribution in [1.82, 2.24) is 14.5 Å². The first-order chi connectivity index (χ1) is 7.77. The SMILES string of the molecule is CCCN(CCCN)CCn1ccnc1C. The predicted octanol–water partition coefficient (Wildman–Crippen LogP) is 1.25.